The molecule has 0 aliphatic carbocycles. The van der Waals surface area contributed by atoms with E-state index in [1.165, 1.54) is 32.4 Å². The number of furan rings is 1. The second-order valence-electron chi connectivity index (χ2n) is 7.73. The van der Waals surface area contributed by atoms with E-state index in [-0.39, 0.29) is 0 Å². The molecule has 4 aromatic rings. The molecule has 5 nitrogen and oxygen atoms in total. The number of ether oxygens (including phenoxy) is 1. The molecule has 1 aliphatic rings. The summed E-state index contributed by atoms with van der Waals surface area (Å²) >= 11 is 0. The van der Waals surface area contributed by atoms with E-state index >= 15 is 0 Å². The maximum Gasteiger partial charge on any atom is 0.153 e. The molecule has 1 saturated heterocycles. The molecular weight excluding hydrogens is 374 g/mol. The van der Waals surface area contributed by atoms with Gasteiger partial charge >= 0.3 is 0 Å². The highest BCUT2D eigenvalue weighted by atomic mass is 16.5. The van der Waals surface area contributed by atoms with Crippen molar-refractivity contribution in [1.82, 2.24) is 14.9 Å². The molecule has 4 heterocycles. The van der Waals surface area contributed by atoms with Gasteiger partial charge in [-0.15, -0.1) is 0 Å². The van der Waals surface area contributed by atoms with Crippen molar-refractivity contribution >= 4 is 11.1 Å². The van der Waals surface area contributed by atoms with Gasteiger partial charge in [-0.25, -0.2) is 0 Å². The summed E-state index contributed by atoms with van der Waals surface area (Å²) in [5, 5.41) is 0. The van der Waals surface area contributed by atoms with Gasteiger partial charge in [0.05, 0.1) is 0 Å². The van der Waals surface area contributed by atoms with Gasteiger partial charge in [0.15, 0.2) is 5.58 Å². The molecule has 5 heteroatoms. The first-order chi connectivity index (χ1) is 14.9. The molecule has 152 valence electrons. The molecule has 1 fully saturated rings. The molecule has 0 unspecified atom stereocenters. The molecule has 1 aliphatic heterocycles. The molecule has 0 spiro atoms. The van der Waals surface area contributed by atoms with Crippen LogP contribution in [0.2, 0.25) is 0 Å². The van der Waals surface area contributed by atoms with Crippen LogP contribution in [0.25, 0.3) is 33.4 Å². The van der Waals surface area contributed by atoms with Crippen LogP contribution in [0.5, 0.6) is 5.75 Å². The molecule has 3 aromatic heterocycles. The van der Waals surface area contributed by atoms with Gasteiger partial charge in [-0.05, 0) is 67.4 Å². The van der Waals surface area contributed by atoms with Crippen LogP contribution in [0.4, 0.5) is 0 Å². The Labute approximate surface area is 176 Å². The molecule has 5 rings (SSSR count). The molecule has 30 heavy (non-hydrogen) atoms. The highest BCUT2D eigenvalue weighted by molar-refractivity contribution is 5.92. The van der Waals surface area contributed by atoms with E-state index in [1.807, 2.05) is 36.5 Å². The lowest BCUT2D eigenvalue weighted by molar-refractivity contribution is 0.183. The van der Waals surface area contributed by atoms with Crippen LogP contribution < -0.4 is 4.74 Å². The van der Waals surface area contributed by atoms with E-state index in [0.29, 0.717) is 0 Å². The lowest BCUT2D eigenvalue weighted by Gasteiger charge is -2.26. The van der Waals surface area contributed by atoms with E-state index in [2.05, 4.69) is 27.0 Å². The van der Waals surface area contributed by atoms with Crippen LogP contribution in [-0.4, -0.2) is 41.1 Å². The van der Waals surface area contributed by atoms with Gasteiger partial charge in [-0.1, -0.05) is 18.6 Å². The molecule has 0 saturated carbocycles. The highest BCUT2D eigenvalue weighted by Crippen LogP contribution is 2.31. The number of hydrogen-bond donors (Lipinski definition) is 0. The number of fused-ring (bicyclic) bond motifs is 1. The minimum absolute atomic E-state index is 0.733. The van der Waals surface area contributed by atoms with Crippen molar-refractivity contribution in [2.24, 2.45) is 0 Å². The molecule has 1 aromatic carbocycles. The first-order valence-electron chi connectivity index (χ1n) is 10.6. The second-order valence-corrected chi connectivity index (χ2v) is 7.73. The number of rotatable bonds is 6. The van der Waals surface area contributed by atoms with Crippen LogP contribution in [0, 0.1) is 0 Å². The number of aromatic nitrogens is 2. The van der Waals surface area contributed by atoms with Crippen molar-refractivity contribution in [3.8, 4) is 28.0 Å². The minimum atomic E-state index is 0.733. The Morgan fingerprint density at radius 1 is 0.900 bits per heavy atom. The number of hydrogen-bond acceptors (Lipinski definition) is 5. The number of piperidine rings is 1. The van der Waals surface area contributed by atoms with Gasteiger partial charge in [0.2, 0.25) is 0 Å². The summed E-state index contributed by atoms with van der Waals surface area (Å²) in [6.07, 6.45) is 11.2. The summed E-state index contributed by atoms with van der Waals surface area (Å²) in [6.45, 7) is 4.14. The van der Waals surface area contributed by atoms with E-state index in [1.54, 1.807) is 18.7 Å². The van der Waals surface area contributed by atoms with Gasteiger partial charge in [-0.3, -0.25) is 14.9 Å². The zero-order chi connectivity index (χ0) is 20.2. The van der Waals surface area contributed by atoms with Crippen molar-refractivity contribution in [2.45, 2.75) is 19.3 Å². The van der Waals surface area contributed by atoms with Gasteiger partial charge in [-0.2, -0.15) is 0 Å². The maximum atomic E-state index is 5.94. The zero-order valence-electron chi connectivity index (χ0n) is 17.0. The van der Waals surface area contributed by atoms with Gasteiger partial charge in [0.1, 0.15) is 24.1 Å². The Balaban J connectivity index is 1.27. The second kappa shape index (κ2) is 8.67. The smallest absolute Gasteiger partial charge is 0.153 e. The number of nitrogens with zero attached hydrogens (tertiary/aromatic N) is 3. The Bertz CT molecular complexity index is 1100. The number of pyridine rings is 2. The Hall–Kier alpha value is -3.18. The predicted octanol–water partition coefficient (Wildman–Crippen LogP) is 5.42. The monoisotopic (exact) mass is 399 g/mol. The van der Waals surface area contributed by atoms with Gasteiger partial charge in [0.25, 0.3) is 0 Å². The first-order valence-corrected chi connectivity index (χ1v) is 10.6. The lowest BCUT2D eigenvalue weighted by atomic mass is 10.1. The normalized spacial score (nSPS) is 14.8. The molecule has 0 atom stereocenters. The first kappa shape index (κ1) is 18.8. The van der Waals surface area contributed by atoms with Crippen LogP contribution >= 0.6 is 0 Å². The quantitative estimate of drug-likeness (QED) is 0.433. The summed E-state index contributed by atoms with van der Waals surface area (Å²) in [7, 11) is 0. The van der Waals surface area contributed by atoms with Crippen LogP contribution in [0.15, 0.2) is 71.7 Å². The average molecular weight is 399 g/mol. The average Bonchev–Trinajstić information content (AvgIpc) is 3.24. The number of benzene rings is 1. The Kier molecular flexibility index (Phi) is 5.44. The topological polar surface area (TPSA) is 51.4 Å². The molecule has 0 radical (unpaired) electrons. The summed E-state index contributed by atoms with van der Waals surface area (Å²) in [5.74, 6) is 0.905. The summed E-state index contributed by atoms with van der Waals surface area (Å²) in [5.41, 5.74) is 5.79. The largest absolute Gasteiger partial charge is 0.492 e. The third-order valence-electron chi connectivity index (χ3n) is 5.72. The van der Waals surface area contributed by atoms with E-state index in [4.69, 9.17) is 9.15 Å². The lowest BCUT2D eigenvalue weighted by Crippen LogP contribution is -2.33. The minimum Gasteiger partial charge on any atom is -0.492 e. The fourth-order valence-electron chi connectivity index (χ4n) is 4.03. The fourth-order valence-corrected chi connectivity index (χ4v) is 4.03. The number of likely N-dealkylation sites (tertiary alicyclic amines) is 1. The van der Waals surface area contributed by atoms with Crippen molar-refractivity contribution < 1.29 is 9.15 Å². The fraction of sp³-hybridized carbons (Fsp3) is 0.280. The van der Waals surface area contributed by atoms with E-state index < -0.39 is 0 Å². The van der Waals surface area contributed by atoms with Crippen molar-refractivity contribution in [3.05, 3.63) is 67.3 Å². The summed E-state index contributed by atoms with van der Waals surface area (Å²) in [6, 6.07) is 14.2. The third-order valence-corrected chi connectivity index (χ3v) is 5.72. The van der Waals surface area contributed by atoms with Crippen molar-refractivity contribution in [3.63, 3.8) is 0 Å². The van der Waals surface area contributed by atoms with E-state index in [9.17, 15) is 0 Å². The molecule has 0 amide bonds. The SMILES string of the molecule is c1cc(-c2coc3cc(-c4ccc(OCCN5CCCCC5)cc4)cnc23)ccn1. The summed E-state index contributed by atoms with van der Waals surface area (Å²) < 4.78 is 11.7. The summed E-state index contributed by atoms with van der Waals surface area (Å²) in [4.78, 5) is 11.2. The highest BCUT2D eigenvalue weighted by Gasteiger charge is 2.12. The van der Waals surface area contributed by atoms with Crippen LogP contribution in [0.3, 0.4) is 0 Å². The Morgan fingerprint density at radius 3 is 2.50 bits per heavy atom. The van der Waals surface area contributed by atoms with E-state index in [0.717, 1.165) is 52.3 Å². The maximum absolute atomic E-state index is 5.94. The standard InChI is InChI=1S/C25H25N3O2/c1-2-12-28(13-3-1)14-15-29-22-6-4-19(5-7-22)21-16-24-25(27-17-21)23(18-30-24)20-8-10-26-11-9-20/h4-11,16-18H,1-3,12-15H2. The molecule has 0 N–H and O–H groups in total. The van der Waals surface area contributed by atoms with Crippen molar-refractivity contribution in [2.75, 3.05) is 26.2 Å². The van der Waals surface area contributed by atoms with Crippen molar-refractivity contribution in [1.29, 1.82) is 0 Å². The molecule has 0 bridgehead atoms. The van der Waals surface area contributed by atoms with Crippen LogP contribution in [-0.2, 0) is 0 Å². The third kappa shape index (κ3) is 4.07. The predicted molar refractivity (Wildman–Crippen MR) is 118 cm³/mol. The van der Waals surface area contributed by atoms with Gasteiger partial charge in [0, 0.05) is 36.3 Å². The zero-order valence-corrected chi connectivity index (χ0v) is 17.0. The van der Waals surface area contributed by atoms with Crippen LogP contribution in [0.1, 0.15) is 19.3 Å². The van der Waals surface area contributed by atoms with Gasteiger partial charge < -0.3 is 9.15 Å². The Morgan fingerprint density at radius 2 is 1.70 bits per heavy atom. The molecular formula is C25H25N3O2.